The van der Waals surface area contributed by atoms with Crippen LogP contribution in [0.5, 0.6) is 0 Å². The van der Waals surface area contributed by atoms with Gasteiger partial charge in [0.05, 0.1) is 0 Å². The number of hydrogen-bond acceptors (Lipinski definition) is 2. The predicted molar refractivity (Wildman–Crippen MR) is 84.8 cm³/mol. The molecule has 1 saturated carbocycles. The average Bonchev–Trinajstić information content (AvgIpc) is 2.39. The molecule has 0 spiro atoms. The minimum Gasteiger partial charge on any atom is -0.352 e. The van der Waals surface area contributed by atoms with Crippen molar-refractivity contribution >= 4 is 18.3 Å². The molecule has 0 heterocycles. The first-order chi connectivity index (χ1) is 9.15. The lowest BCUT2D eigenvalue weighted by Gasteiger charge is -2.27. The molecule has 3 N–H and O–H groups in total. The minimum absolute atomic E-state index is 0. The molecule has 2 atom stereocenters. The van der Waals surface area contributed by atoms with Gasteiger partial charge in [0.25, 0.3) is 0 Å². The Morgan fingerprint density at radius 3 is 2.80 bits per heavy atom. The van der Waals surface area contributed by atoms with Gasteiger partial charge in [0.2, 0.25) is 5.91 Å². The number of carbonyl (C=O) groups excluding carboxylic acids is 1. The lowest BCUT2D eigenvalue weighted by Crippen LogP contribution is -2.36. The third-order valence-electron chi connectivity index (χ3n) is 3.99. The Hall–Kier alpha value is -1.06. The normalized spacial score (nSPS) is 21.9. The highest BCUT2D eigenvalue weighted by atomic mass is 35.5. The van der Waals surface area contributed by atoms with Gasteiger partial charge >= 0.3 is 0 Å². The van der Waals surface area contributed by atoms with Crippen LogP contribution in [-0.2, 0) is 11.3 Å². The van der Waals surface area contributed by atoms with Crippen LogP contribution >= 0.6 is 12.4 Å². The van der Waals surface area contributed by atoms with Crippen molar-refractivity contribution in [2.45, 2.75) is 51.6 Å². The summed E-state index contributed by atoms with van der Waals surface area (Å²) in [6.07, 6.45) is 5.16. The van der Waals surface area contributed by atoms with Crippen LogP contribution in [0.25, 0.3) is 0 Å². The third-order valence-corrected chi connectivity index (χ3v) is 3.99. The molecule has 0 aliphatic heterocycles. The van der Waals surface area contributed by atoms with Crippen LogP contribution in [0.4, 0.5) is 0 Å². The number of halogens is 1. The van der Waals surface area contributed by atoms with E-state index < -0.39 is 0 Å². The average molecular weight is 297 g/mol. The van der Waals surface area contributed by atoms with Gasteiger partial charge in [-0.05, 0) is 31.2 Å². The molecule has 0 bridgehead atoms. The highest BCUT2D eigenvalue weighted by Gasteiger charge is 2.23. The Morgan fingerprint density at radius 2 is 2.10 bits per heavy atom. The Balaban J connectivity index is 0.00000200. The van der Waals surface area contributed by atoms with Crippen molar-refractivity contribution < 1.29 is 4.79 Å². The van der Waals surface area contributed by atoms with Crippen molar-refractivity contribution in [3.05, 3.63) is 35.4 Å². The second-order valence-electron chi connectivity index (χ2n) is 5.68. The second-order valence-corrected chi connectivity index (χ2v) is 5.68. The fourth-order valence-corrected chi connectivity index (χ4v) is 2.82. The maximum absolute atomic E-state index is 11.9. The van der Waals surface area contributed by atoms with Gasteiger partial charge in [0.1, 0.15) is 0 Å². The number of rotatable bonds is 4. The summed E-state index contributed by atoms with van der Waals surface area (Å²) in [5.41, 5.74) is 8.45. The quantitative estimate of drug-likeness (QED) is 0.897. The Bertz CT molecular complexity index is 436. The molecule has 2 rings (SSSR count). The molecule has 4 heteroatoms. The molecule has 1 amide bonds. The lowest BCUT2D eigenvalue weighted by atomic mass is 9.83. The number of benzene rings is 1. The van der Waals surface area contributed by atoms with Gasteiger partial charge in [-0.3, -0.25) is 4.79 Å². The van der Waals surface area contributed by atoms with E-state index in [1.54, 1.807) is 0 Å². The molecular weight excluding hydrogens is 272 g/mol. The number of nitrogens with two attached hydrogens (primary N) is 1. The molecule has 0 aromatic heterocycles. The summed E-state index contributed by atoms with van der Waals surface area (Å²) in [5, 5.41) is 3.00. The standard InChI is InChI=1S/C16H24N2O.ClH/c1-12-5-4-6-13(9-12)11-18-16(19)10-14-7-2-3-8-15(14)17;/h4-6,9,14-15H,2-3,7-8,10-11,17H2,1H3,(H,18,19);1H. The Morgan fingerprint density at radius 1 is 1.35 bits per heavy atom. The molecule has 1 aromatic rings. The van der Waals surface area contributed by atoms with E-state index in [0.29, 0.717) is 18.9 Å². The van der Waals surface area contributed by atoms with Crippen molar-refractivity contribution in [3.63, 3.8) is 0 Å². The molecular formula is C16H25ClN2O. The molecule has 1 aliphatic carbocycles. The van der Waals surface area contributed by atoms with Crippen LogP contribution in [0.2, 0.25) is 0 Å². The van der Waals surface area contributed by atoms with Gasteiger partial charge in [0.15, 0.2) is 0 Å². The first-order valence-corrected chi connectivity index (χ1v) is 7.23. The molecule has 0 saturated heterocycles. The maximum Gasteiger partial charge on any atom is 0.220 e. The summed E-state index contributed by atoms with van der Waals surface area (Å²) >= 11 is 0. The molecule has 20 heavy (non-hydrogen) atoms. The van der Waals surface area contributed by atoms with E-state index in [-0.39, 0.29) is 24.4 Å². The van der Waals surface area contributed by atoms with Crippen molar-refractivity contribution in [1.82, 2.24) is 5.32 Å². The van der Waals surface area contributed by atoms with Crippen LogP contribution in [0.3, 0.4) is 0 Å². The fraction of sp³-hybridized carbons (Fsp3) is 0.562. The van der Waals surface area contributed by atoms with Crippen LogP contribution in [0.15, 0.2) is 24.3 Å². The van der Waals surface area contributed by atoms with Crippen molar-refractivity contribution in [2.24, 2.45) is 11.7 Å². The van der Waals surface area contributed by atoms with Crippen LogP contribution < -0.4 is 11.1 Å². The summed E-state index contributed by atoms with van der Waals surface area (Å²) in [6.45, 7) is 2.68. The predicted octanol–water partition coefficient (Wildman–Crippen LogP) is 2.94. The first-order valence-electron chi connectivity index (χ1n) is 7.23. The zero-order valence-corrected chi connectivity index (χ0v) is 12.9. The SMILES string of the molecule is Cc1cccc(CNC(=O)CC2CCCCC2N)c1.Cl. The number of amides is 1. The Kier molecular flexibility index (Phi) is 7.03. The van der Waals surface area contributed by atoms with E-state index in [2.05, 4.69) is 24.4 Å². The monoisotopic (exact) mass is 296 g/mol. The van der Waals surface area contributed by atoms with Gasteiger partial charge < -0.3 is 11.1 Å². The lowest BCUT2D eigenvalue weighted by molar-refractivity contribution is -0.122. The molecule has 0 radical (unpaired) electrons. The van der Waals surface area contributed by atoms with Gasteiger partial charge in [-0.25, -0.2) is 0 Å². The number of nitrogens with one attached hydrogen (secondary N) is 1. The van der Waals surface area contributed by atoms with Crippen molar-refractivity contribution in [1.29, 1.82) is 0 Å². The minimum atomic E-state index is 0. The van der Waals surface area contributed by atoms with Crippen LogP contribution in [0.1, 0.15) is 43.2 Å². The summed E-state index contributed by atoms with van der Waals surface area (Å²) in [6, 6.07) is 8.44. The molecule has 2 unspecified atom stereocenters. The van der Waals surface area contributed by atoms with Crippen molar-refractivity contribution in [3.8, 4) is 0 Å². The van der Waals surface area contributed by atoms with Gasteiger partial charge in [-0.1, -0.05) is 42.7 Å². The van der Waals surface area contributed by atoms with Crippen LogP contribution in [0, 0.1) is 12.8 Å². The van der Waals surface area contributed by atoms with Crippen LogP contribution in [-0.4, -0.2) is 11.9 Å². The summed E-state index contributed by atoms with van der Waals surface area (Å²) in [7, 11) is 0. The Labute approximate surface area is 127 Å². The largest absolute Gasteiger partial charge is 0.352 e. The first kappa shape index (κ1) is 17.0. The second kappa shape index (κ2) is 8.28. The highest BCUT2D eigenvalue weighted by molar-refractivity contribution is 5.85. The molecule has 3 nitrogen and oxygen atoms in total. The van der Waals surface area contributed by atoms with E-state index in [9.17, 15) is 4.79 Å². The molecule has 1 aromatic carbocycles. The third kappa shape index (κ3) is 5.14. The molecule has 1 fully saturated rings. The van der Waals surface area contributed by atoms with Crippen molar-refractivity contribution in [2.75, 3.05) is 0 Å². The maximum atomic E-state index is 11.9. The highest BCUT2D eigenvalue weighted by Crippen LogP contribution is 2.25. The van der Waals surface area contributed by atoms with E-state index in [0.717, 1.165) is 18.4 Å². The van der Waals surface area contributed by atoms with Gasteiger partial charge in [-0.15, -0.1) is 12.4 Å². The fourth-order valence-electron chi connectivity index (χ4n) is 2.82. The summed E-state index contributed by atoms with van der Waals surface area (Å²) in [5.74, 6) is 0.495. The van der Waals surface area contributed by atoms with E-state index >= 15 is 0 Å². The van der Waals surface area contributed by atoms with Gasteiger partial charge in [-0.2, -0.15) is 0 Å². The number of hydrogen-bond donors (Lipinski definition) is 2. The number of aryl methyl sites for hydroxylation is 1. The topological polar surface area (TPSA) is 55.1 Å². The van der Waals surface area contributed by atoms with E-state index in [1.165, 1.54) is 18.4 Å². The smallest absolute Gasteiger partial charge is 0.220 e. The number of carbonyl (C=O) groups is 1. The van der Waals surface area contributed by atoms with E-state index in [4.69, 9.17) is 5.73 Å². The van der Waals surface area contributed by atoms with Gasteiger partial charge in [0, 0.05) is 19.0 Å². The molecule has 112 valence electrons. The zero-order chi connectivity index (χ0) is 13.7. The molecule has 1 aliphatic rings. The summed E-state index contributed by atoms with van der Waals surface area (Å²) < 4.78 is 0. The summed E-state index contributed by atoms with van der Waals surface area (Å²) in [4.78, 5) is 11.9. The van der Waals surface area contributed by atoms with E-state index in [1.807, 2.05) is 12.1 Å². The zero-order valence-electron chi connectivity index (χ0n) is 12.1.